The fraction of sp³-hybridized carbons (Fsp3) is 0.429. The number of para-hydroxylation sites is 1. The first kappa shape index (κ1) is 12.8. The molecule has 0 radical (unpaired) electrons. The van der Waals surface area contributed by atoms with Gasteiger partial charge in [0.2, 0.25) is 0 Å². The van der Waals surface area contributed by atoms with Crippen molar-refractivity contribution in [2.24, 2.45) is 0 Å². The molecule has 1 aromatic heterocycles. The summed E-state index contributed by atoms with van der Waals surface area (Å²) in [5.41, 5.74) is 2.24. The molecule has 1 aromatic carbocycles. The molecule has 1 heterocycles. The second kappa shape index (κ2) is 5.31. The van der Waals surface area contributed by atoms with Crippen LogP contribution in [0.2, 0.25) is 0 Å². The molecule has 4 heteroatoms. The zero-order valence-electron chi connectivity index (χ0n) is 11.2. The Morgan fingerprint density at radius 3 is 2.61 bits per heavy atom. The highest BCUT2D eigenvalue weighted by atomic mass is 15.4. The Bertz CT molecular complexity index is 488. The molecular weight excluding hydrogens is 224 g/mol. The summed E-state index contributed by atoms with van der Waals surface area (Å²) >= 11 is 0. The van der Waals surface area contributed by atoms with Crippen molar-refractivity contribution >= 4 is 0 Å². The molecule has 0 atom stereocenters. The van der Waals surface area contributed by atoms with Crippen molar-refractivity contribution in [2.45, 2.75) is 25.7 Å². The summed E-state index contributed by atoms with van der Waals surface area (Å²) in [6.07, 6.45) is 2.91. The van der Waals surface area contributed by atoms with Crippen molar-refractivity contribution in [1.29, 1.82) is 0 Å². The first-order chi connectivity index (χ1) is 8.65. The van der Waals surface area contributed by atoms with Crippen molar-refractivity contribution in [1.82, 2.24) is 20.3 Å². The maximum Gasteiger partial charge on any atom is 0.0735 e. The molecule has 18 heavy (non-hydrogen) atoms. The van der Waals surface area contributed by atoms with Crippen LogP contribution in [0.5, 0.6) is 0 Å². The third-order valence-electron chi connectivity index (χ3n) is 3.24. The van der Waals surface area contributed by atoms with E-state index in [-0.39, 0.29) is 5.41 Å². The lowest BCUT2D eigenvalue weighted by Crippen LogP contribution is -2.26. The normalized spacial score (nSPS) is 11.7. The van der Waals surface area contributed by atoms with Crippen molar-refractivity contribution < 1.29 is 0 Å². The summed E-state index contributed by atoms with van der Waals surface area (Å²) < 4.78 is 1.93. The number of rotatable bonds is 5. The van der Waals surface area contributed by atoms with E-state index in [1.807, 2.05) is 48.3 Å². The summed E-state index contributed by atoms with van der Waals surface area (Å²) in [5.74, 6) is 0. The van der Waals surface area contributed by atoms with Crippen LogP contribution in [0.15, 0.2) is 36.5 Å². The Labute approximate surface area is 108 Å². The Morgan fingerprint density at radius 2 is 1.94 bits per heavy atom. The number of hydrogen-bond acceptors (Lipinski definition) is 3. The average molecular weight is 244 g/mol. The van der Waals surface area contributed by atoms with E-state index in [0.29, 0.717) is 0 Å². The van der Waals surface area contributed by atoms with Gasteiger partial charge in [0.05, 0.1) is 17.6 Å². The van der Waals surface area contributed by atoms with E-state index < -0.39 is 0 Å². The molecule has 0 aliphatic heterocycles. The lowest BCUT2D eigenvalue weighted by Gasteiger charge is -2.24. The third-order valence-corrected chi connectivity index (χ3v) is 3.24. The molecule has 0 aliphatic rings. The van der Waals surface area contributed by atoms with E-state index >= 15 is 0 Å². The van der Waals surface area contributed by atoms with E-state index in [1.54, 1.807) is 0 Å². The predicted octanol–water partition coefficient (Wildman–Crippen LogP) is 2.15. The lowest BCUT2D eigenvalue weighted by molar-refractivity contribution is 0.443. The highest BCUT2D eigenvalue weighted by Gasteiger charge is 2.25. The molecule has 0 aliphatic carbocycles. The Kier molecular flexibility index (Phi) is 3.77. The minimum absolute atomic E-state index is 0.0440. The van der Waals surface area contributed by atoms with E-state index in [2.05, 4.69) is 29.5 Å². The maximum absolute atomic E-state index is 4.21. The van der Waals surface area contributed by atoms with Crippen LogP contribution in [0.3, 0.4) is 0 Å². The molecule has 96 valence electrons. The molecular formula is C14H20N4. The summed E-state index contributed by atoms with van der Waals surface area (Å²) in [7, 11) is 1.98. The lowest BCUT2D eigenvalue weighted by atomic mass is 9.86. The van der Waals surface area contributed by atoms with Crippen LogP contribution in [0.1, 0.15) is 26.0 Å². The van der Waals surface area contributed by atoms with Gasteiger partial charge in [0.25, 0.3) is 0 Å². The summed E-state index contributed by atoms with van der Waals surface area (Å²) in [6.45, 7) is 5.43. The summed E-state index contributed by atoms with van der Waals surface area (Å²) in [4.78, 5) is 0. The molecule has 0 amide bonds. The summed E-state index contributed by atoms with van der Waals surface area (Å²) in [6, 6.07) is 10.1. The van der Waals surface area contributed by atoms with E-state index in [9.17, 15) is 0 Å². The second-order valence-electron chi connectivity index (χ2n) is 5.10. The van der Waals surface area contributed by atoms with Gasteiger partial charge in [0.15, 0.2) is 0 Å². The van der Waals surface area contributed by atoms with Crippen LogP contribution in [0.4, 0.5) is 0 Å². The SMILES string of the molecule is CNCCC(C)(C)c1cnnn1-c1ccccc1. The highest BCUT2D eigenvalue weighted by Crippen LogP contribution is 2.27. The molecule has 1 N–H and O–H groups in total. The first-order valence-corrected chi connectivity index (χ1v) is 6.26. The number of nitrogens with one attached hydrogen (secondary N) is 1. The molecule has 2 aromatic rings. The van der Waals surface area contributed by atoms with Crippen LogP contribution in [-0.4, -0.2) is 28.6 Å². The van der Waals surface area contributed by atoms with Crippen LogP contribution in [0, 0.1) is 0 Å². The predicted molar refractivity (Wildman–Crippen MR) is 72.9 cm³/mol. The number of aromatic nitrogens is 3. The second-order valence-corrected chi connectivity index (χ2v) is 5.10. The van der Waals surface area contributed by atoms with Gasteiger partial charge in [-0.05, 0) is 32.1 Å². The molecule has 0 spiro atoms. The van der Waals surface area contributed by atoms with Gasteiger partial charge in [0.1, 0.15) is 0 Å². The van der Waals surface area contributed by atoms with Crippen molar-refractivity contribution in [3.05, 3.63) is 42.2 Å². The topological polar surface area (TPSA) is 42.7 Å². The number of benzene rings is 1. The van der Waals surface area contributed by atoms with Gasteiger partial charge in [-0.2, -0.15) is 0 Å². The van der Waals surface area contributed by atoms with Crippen molar-refractivity contribution in [3.8, 4) is 5.69 Å². The van der Waals surface area contributed by atoms with E-state index in [1.165, 1.54) is 0 Å². The fourth-order valence-corrected chi connectivity index (χ4v) is 2.02. The average Bonchev–Trinajstić information content (AvgIpc) is 2.87. The van der Waals surface area contributed by atoms with Gasteiger partial charge in [0, 0.05) is 5.41 Å². The van der Waals surface area contributed by atoms with Gasteiger partial charge >= 0.3 is 0 Å². The Morgan fingerprint density at radius 1 is 1.22 bits per heavy atom. The van der Waals surface area contributed by atoms with Crippen molar-refractivity contribution in [3.63, 3.8) is 0 Å². The third kappa shape index (κ3) is 2.59. The van der Waals surface area contributed by atoms with E-state index in [0.717, 1.165) is 24.3 Å². The fourth-order valence-electron chi connectivity index (χ4n) is 2.02. The van der Waals surface area contributed by atoms with Crippen molar-refractivity contribution in [2.75, 3.05) is 13.6 Å². The van der Waals surface area contributed by atoms with Gasteiger partial charge in [-0.25, -0.2) is 4.68 Å². The van der Waals surface area contributed by atoms with E-state index in [4.69, 9.17) is 0 Å². The van der Waals surface area contributed by atoms with Crippen LogP contribution < -0.4 is 5.32 Å². The van der Waals surface area contributed by atoms with Crippen LogP contribution in [0.25, 0.3) is 5.69 Å². The smallest absolute Gasteiger partial charge is 0.0735 e. The highest BCUT2D eigenvalue weighted by molar-refractivity contribution is 5.33. The van der Waals surface area contributed by atoms with Crippen LogP contribution in [-0.2, 0) is 5.41 Å². The zero-order chi connectivity index (χ0) is 13.0. The molecule has 0 saturated carbocycles. The quantitative estimate of drug-likeness (QED) is 0.876. The van der Waals surface area contributed by atoms with Gasteiger partial charge in [-0.3, -0.25) is 0 Å². The molecule has 0 unspecified atom stereocenters. The Hall–Kier alpha value is -1.68. The van der Waals surface area contributed by atoms with Gasteiger partial charge < -0.3 is 5.32 Å². The first-order valence-electron chi connectivity index (χ1n) is 6.26. The standard InChI is InChI=1S/C14H20N4/c1-14(2,9-10-15-3)13-11-16-17-18(13)12-7-5-4-6-8-12/h4-8,11,15H,9-10H2,1-3H3. The molecule has 4 nitrogen and oxygen atoms in total. The van der Waals surface area contributed by atoms with Gasteiger partial charge in [-0.1, -0.05) is 37.3 Å². The monoisotopic (exact) mass is 244 g/mol. The molecule has 0 bridgehead atoms. The summed E-state index contributed by atoms with van der Waals surface area (Å²) in [5, 5.41) is 11.5. The largest absolute Gasteiger partial charge is 0.320 e. The molecule has 0 fully saturated rings. The minimum atomic E-state index is 0.0440. The Balaban J connectivity index is 2.33. The van der Waals surface area contributed by atoms with Crippen LogP contribution >= 0.6 is 0 Å². The molecule has 0 saturated heterocycles. The maximum atomic E-state index is 4.21. The minimum Gasteiger partial charge on any atom is -0.320 e. The molecule has 2 rings (SSSR count). The number of hydrogen-bond donors (Lipinski definition) is 1. The zero-order valence-corrected chi connectivity index (χ0v) is 11.2. The number of nitrogens with zero attached hydrogens (tertiary/aromatic N) is 3. The van der Waals surface area contributed by atoms with Gasteiger partial charge in [-0.15, -0.1) is 5.10 Å².